The summed E-state index contributed by atoms with van der Waals surface area (Å²) in [5.41, 5.74) is 1.24. The molecule has 0 fully saturated rings. The number of hydrogen-bond donors (Lipinski definition) is 1. The highest BCUT2D eigenvalue weighted by Gasteiger charge is 2.04. The second-order valence-electron chi connectivity index (χ2n) is 3.38. The summed E-state index contributed by atoms with van der Waals surface area (Å²) in [6, 6.07) is 10.3. The zero-order valence-electron chi connectivity index (χ0n) is 8.99. The van der Waals surface area contributed by atoms with E-state index in [-0.39, 0.29) is 0 Å². The van der Waals surface area contributed by atoms with Crippen LogP contribution in [0.15, 0.2) is 30.3 Å². The van der Waals surface area contributed by atoms with Crippen LogP contribution < -0.4 is 5.32 Å². The molecule has 0 amide bonds. The first kappa shape index (κ1) is 11.2. The van der Waals surface area contributed by atoms with Crippen LogP contribution in [0.1, 0.15) is 18.9 Å². The van der Waals surface area contributed by atoms with Crippen molar-refractivity contribution in [2.75, 3.05) is 13.6 Å². The van der Waals surface area contributed by atoms with Crippen molar-refractivity contribution >= 4 is 0 Å². The highest BCUT2D eigenvalue weighted by molar-refractivity contribution is 5.13. The molecular formula is C12H19NO. The summed E-state index contributed by atoms with van der Waals surface area (Å²) < 4.78 is 5.76. The molecule has 2 heteroatoms. The van der Waals surface area contributed by atoms with Gasteiger partial charge in [-0.3, -0.25) is 0 Å². The number of likely N-dealkylation sites (N-methyl/N-ethyl adjacent to an activating group) is 1. The molecule has 0 saturated carbocycles. The normalized spacial score (nSPS) is 12.7. The maximum atomic E-state index is 5.76. The molecule has 1 atom stereocenters. The molecule has 2 nitrogen and oxygen atoms in total. The summed E-state index contributed by atoms with van der Waals surface area (Å²) in [4.78, 5) is 0. The molecule has 1 rings (SSSR count). The third kappa shape index (κ3) is 3.90. The lowest BCUT2D eigenvalue weighted by Gasteiger charge is -2.15. The van der Waals surface area contributed by atoms with E-state index in [9.17, 15) is 0 Å². The van der Waals surface area contributed by atoms with E-state index in [1.54, 1.807) is 0 Å². The van der Waals surface area contributed by atoms with Crippen molar-refractivity contribution < 1.29 is 4.74 Å². The summed E-state index contributed by atoms with van der Waals surface area (Å²) in [7, 11) is 1.95. The van der Waals surface area contributed by atoms with Gasteiger partial charge in [0, 0.05) is 6.54 Å². The van der Waals surface area contributed by atoms with E-state index in [2.05, 4.69) is 24.4 Å². The van der Waals surface area contributed by atoms with Crippen LogP contribution in [0.5, 0.6) is 0 Å². The molecule has 0 saturated heterocycles. The quantitative estimate of drug-likeness (QED) is 0.748. The summed E-state index contributed by atoms with van der Waals surface area (Å²) in [6.07, 6.45) is 1.37. The van der Waals surface area contributed by atoms with Crippen molar-refractivity contribution in [1.29, 1.82) is 0 Å². The van der Waals surface area contributed by atoms with Gasteiger partial charge in [-0.15, -0.1) is 0 Å². The number of nitrogens with one attached hydrogen (secondary N) is 1. The Morgan fingerprint density at radius 3 is 2.57 bits per heavy atom. The highest BCUT2D eigenvalue weighted by Crippen LogP contribution is 2.04. The Hall–Kier alpha value is -0.860. The summed E-state index contributed by atoms with van der Waals surface area (Å²) in [6.45, 7) is 3.78. The molecule has 14 heavy (non-hydrogen) atoms. The van der Waals surface area contributed by atoms with Crippen LogP contribution in [0.25, 0.3) is 0 Å². The van der Waals surface area contributed by atoms with Crippen molar-refractivity contribution in [2.45, 2.75) is 26.1 Å². The molecule has 0 radical (unpaired) electrons. The van der Waals surface area contributed by atoms with E-state index in [0.717, 1.165) is 13.0 Å². The summed E-state index contributed by atoms with van der Waals surface area (Å²) in [5, 5.41) is 3.13. The number of ether oxygens (including phenoxy) is 1. The van der Waals surface area contributed by atoms with E-state index < -0.39 is 0 Å². The fraction of sp³-hybridized carbons (Fsp3) is 0.500. The Morgan fingerprint density at radius 2 is 2.00 bits per heavy atom. The topological polar surface area (TPSA) is 21.3 Å². The van der Waals surface area contributed by atoms with Crippen molar-refractivity contribution in [3.05, 3.63) is 35.9 Å². The second kappa shape index (κ2) is 6.57. The highest BCUT2D eigenvalue weighted by atomic mass is 16.5. The number of hydrogen-bond acceptors (Lipinski definition) is 2. The maximum Gasteiger partial charge on any atom is 0.0721 e. The van der Waals surface area contributed by atoms with Gasteiger partial charge in [-0.1, -0.05) is 37.3 Å². The van der Waals surface area contributed by atoms with Gasteiger partial charge >= 0.3 is 0 Å². The molecule has 78 valence electrons. The minimum absolute atomic E-state index is 0.320. The molecular weight excluding hydrogens is 174 g/mol. The van der Waals surface area contributed by atoms with E-state index in [4.69, 9.17) is 4.74 Å². The Morgan fingerprint density at radius 1 is 1.29 bits per heavy atom. The van der Waals surface area contributed by atoms with Crippen molar-refractivity contribution in [3.63, 3.8) is 0 Å². The summed E-state index contributed by atoms with van der Waals surface area (Å²) in [5.74, 6) is 0. The van der Waals surface area contributed by atoms with Crippen molar-refractivity contribution in [1.82, 2.24) is 5.32 Å². The molecule has 0 aliphatic heterocycles. The Bertz CT molecular complexity index is 235. The molecule has 0 aliphatic carbocycles. The SMILES string of the molecule is CCC(CNC)OCc1ccccc1. The van der Waals surface area contributed by atoms with Gasteiger partial charge in [0.2, 0.25) is 0 Å². The van der Waals surface area contributed by atoms with Crippen LogP contribution >= 0.6 is 0 Å². The summed E-state index contributed by atoms with van der Waals surface area (Å²) >= 11 is 0. The fourth-order valence-corrected chi connectivity index (χ4v) is 1.34. The van der Waals surface area contributed by atoms with Crippen molar-refractivity contribution in [2.24, 2.45) is 0 Å². The third-order valence-electron chi connectivity index (χ3n) is 2.22. The molecule has 1 N–H and O–H groups in total. The largest absolute Gasteiger partial charge is 0.372 e. The lowest BCUT2D eigenvalue weighted by Crippen LogP contribution is -2.25. The van der Waals surface area contributed by atoms with E-state index in [1.165, 1.54) is 5.56 Å². The van der Waals surface area contributed by atoms with Gasteiger partial charge in [0.25, 0.3) is 0 Å². The van der Waals surface area contributed by atoms with E-state index in [1.807, 2.05) is 25.2 Å². The van der Waals surface area contributed by atoms with E-state index in [0.29, 0.717) is 12.7 Å². The van der Waals surface area contributed by atoms with Crippen LogP contribution in [-0.4, -0.2) is 19.7 Å². The molecule has 0 aliphatic rings. The first-order valence-corrected chi connectivity index (χ1v) is 5.17. The van der Waals surface area contributed by atoms with E-state index >= 15 is 0 Å². The minimum Gasteiger partial charge on any atom is -0.372 e. The Balaban J connectivity index is 2.32. The zero-order chi connectivity index (χ0) is 10.2. The van der Waals surface area contributed by atoms with Crippen LogP contribution in [-0.2, 0) is 11.3 Å². The first-order chi connectivity index (χ1) is 6.86. The number of rotatable bonds is 6. The third-order valence-corrected chi connectivity index (χ3v) is 2.22. The van der Waals surface area contributed by atoms with Gasteiger partial charge in [0.1, 0.15) is 0 Å². The molecule has 1 aromatic carbocycles. The van der Waals surface area contributed by atoms with Crippen LogP contribution in [0.3, 0.4) is 0 Å². The Labute approximate surface area is 86.3 Å². The van der Waals surface area contributed by atoms with Gasteiger partial charge in [0.15, 0.2) is 0 Å². The van der Waals surface area contributed by atoms with Gasteiger partial charge < -0.3 is 10.1 Å². The molecule has 1 unspecified atom stereocenters. The Kier molecular flexibility index (Phi) is 5.27. The monoisotopic (exact) mass is 193 g/mol. The van der Waals surface area contributed by atoms with Crippen molar-refractivity contribution in [3.8, 4) is 0 Å². The van der Waals surface area contributed by atoms with Crippen LogP contribution in [0.4, 0.5) is 0 Å². The zero-order valence-corrected chi connectivity index (χ0v) is 8.99. The predicted octanol–water partition coefficient (Wildman–Crippen LogP) is 2.20. The average molecular weight is 193 g/mol. The standard InChI is InChI=1S/C12H19NO/c1-3-12(9-13-2)14-10-11-7-5-4-6-8-11/h4-8,12-13H,3,9-10H2,1-2H3. The smallest absolute Gasteiger partial charge is 0.0721 e. The molecule has 0 spiro atoms. The maximum absolute atomic E-state index is 5.76. The lowest BCUT2D eigenvalue weighted by molar-refractivity contribution is 0.0396. The van der Waals surface area contributed by atoms with Crippen LogP contribution in [0.2, 0.25) is 0 Å². The van der Waals surface area contributed by atoms with Gasteiger partial charge in [-0.2, -0.15) is 0 Å². The first-order valence-electron chi connectivity index (χ1n) is 5.17. The number of benzene rings is 1. The molecule has 0 bridgehead atoms. The lowest BCUT2D eigenvalue weighted by atomic mass is 10.2. The van der Waals surface area contributed by atoms with Gasteiger partial charge in [-0.05, 0) is 19.0 Å². The van der Waals surface area contributed by atoms with Gasteiger partial charge in [0.05, 0.1) is 12.7 Å². The average Bonchev–Trinajstić information content (AvgIpc) is 2.25. The molecule has 0 aromatic heterocycles. The molecule has 1 aromatic rings. The molecule has 0 heterocycles. The minimum atomic E-state index is 0.320. The van der Waals surface area contributed by atoms with Crippen LogP contribution in [0, 0.1) is 0 Å². The fourth-order valence-electron chi connectivity index (χ4n) is 1.34. The second-order valence-corrected chi connectivity index (χ2v) is 3.38. The van der Waals surface area contributed by atoms with Gasteiger partial charge in [-0.25, -0.2) is 0 Å². The predicted molar refractivity (Wildman–Crippen MR) is 59.2 cm³/mol.